The Balaban J connectivity index is 5.52. The van der Waals surface area contributed by atoms with Crippen LogP contribution in [0.5, 0.6) is 0 Å². The third-order valence-corrected chi connectivity index (χ3v) is 12.3. The van der Waals surface area contributed by atoms with Crippen LogP contribution in [-0.2, 0) is 27.9 Å². The fraction of sp³-hybridized carbons (Fsp3) is 0.719. The van der Waals surface area contributed by atoms with Gasteiger partial charge in [-0.2, -0.15) is 0 Å². The van der Waals surface area contributed by atoms with Crippen LogP contribution < -0.4 is 10.2 Å². The molecule has 67 heavy (non-hydrogen) atoms. The molecule has 386 valence electrons. The zero-order valence-electron chi connectivity index (χ0n) is 43.8. The van der Waals surface area contributed by atoms with E-state index >= 15 is 0 Å². The molecular weight excluding hydrogens is 856 g/mol. The van der Waals surface area contributed by atoms with Crippen LogP contribution in [0.2, 0.25) is 0 Å². The molecule has 0 heterocycles. The van der Waals surface area contributed by atoms with Gasteiger partial charge in [-0.1, -0.05) is 196 Å². The number of nitrogens with zero attached hydrogens (tertiary/aromatic N) is 1. The van der Waals surface area contributed by atoms with Crippen molar-refractivity contribution in [1.82, 2.24) is 5.32 Å². The van der Waals surface area contributed by atoms with Crippen LogP contribution in [-0.4, -0.2) is 69.4 Å². The average Bonchev–Trinajstić information content (AvgIpc) is 3.28. The number of amides is 1. The number of likely N-dealkylation sites (N-methyl/N-ethyl adjacent to an activating group) is 1. The second-order valence-corrected chi connectivity index (χ2v) is 20.4. The second kappa shape index (κ2) is 46.9. The van der Waals surface area contributed by atoms with E-state index < -0.39 is 32.5 Å². The predicted octanol–water partition coefficient (Wildman–Crippen LogP) is 15.2. The number of quaternary nitrogens is 1. The number of hydrogen-bond donors (Lipinski definition) is 1. The van der Waals surface area contributed by atoms with E-state index in [4.69, 9.17) is 13.8 Å². The van der Waals surface area contributed by atoms with Crippen molar-refractivity contribution in [2.75, 3.05) is 40.9 Å². The number of rotatable bonds is 47. The third kappa shape index (κ3) is 48.0. The van der Waals surface area contributed by atoms with Crippen molar-refractivity contribution in [2.24, 2.45) is 0 Å². The number of ether oxygens (including phenoxy) is 1. The summed E-state index contributed by atoms with van der Waals surface area (Å²) in [6.07, 6.45) is 59.8. The zero-order valence-corrected chi connectivity index (χ0v) is 44.7. The number of hydrogen-bond acceptors (Lipinski definition) is 7. The first-order chi connectivity index (χ1) is 32.4. The predicted molar refractivity (Wildman–Crippen MR) is 284 cm³/mol. The van der Waals surface area contributed by atoms with E-state index in [0.717, 1.165) is 103 Å². The summed E-state index contributed by atoms with van der Waals surface area (Å²) in [6.45, 7) is 6.62. The van der Waals surface area contributed by atoms with E-state index in [0.29, 0.717) is 23.9 Å². The van der Waals surface area contributed by atoms with Gasteiger partial charge in [-0.15, -0.1) is 0 Å². The van der Waals surface area contributed by atoms with Crippen molar-refractivity contribution in [1.29, 1.82) is 0 Å². The largest absolute Gasteiger partial charge is 0.756 e. The van der Waals surface area contributed by atoms with Gasteiger partial charge in [-0.05, 0) is 89.5 Å². The van der Waals surface area contributed by atoms with Crippen LogP contribution in [0.3, 0.4) is 0 Å². The van der Waals surface area contributed by atoms with Gasteiger partial charge in [-0.25, -0.2) is 0 Å². The molecule has 1 N–H and O–H groups in total. The molecule has 0 rings (SSSR count). The van der Waals surface area contributed by atoms with E-state index in [-0.39, 0.29) is 18.9 Å². The maximum atomic E-state index is 13.4. The van der Waals surface area contributed by atoms with Gasteiger partial charge in [0.2, 0.25) is 5.91 Å². The molecule has 0 fully saturated rings. The molecule has 0 radical (unpaired) electrons. The van der Waals surface area contributed by atoms with Gasteiger partial charge >= 0.3 is 5.97 Å². The van der Waals surface area contributed by atoms with Gasteiger partial charge in [-0.3, -0.25) is 14.2 Å². The minimum Gasteiger partial charge on any atom is -0.756 e. The highest BCUT2D eigenvalue weighted by Gasteiger charge is 2.27. The highest BCUT2D eigenvalue weighted by Crippen LogP contribution is 2.38. The lowest BCUT2D eigenvalue weighted by atomic mass is 10.0. The molecule has 0 spiro atoms. The maximum Gasteiger partial charge on any atom is 0.306 e. The summed E-state index contributed by atoms with van der Waals surface area (Å²) in [4.78, 5) is 39.7. The number of phosphoric acid groups is 1. The Labute approximate surface area is 412 Å². The number of phosphoric ester groups is 1. The lowest BCUT2D eigenvalue weighted by molar-refractivity contribution is -0.870. The molecule has 1 amide bonds. The Morgan fingerprint density at radius 1 is 0.537 bits per heavy atom. The standard InChI is InChI=1S/C57H101N2O7P/c1-7-10-13-16-19-22-25-27-28-29-30-32-35-38-41-44-47-50-57(61)66-55(48-45-42-39-36-34-31-26-23-20-17-14-11-8-2)54(53-65-67(62,63)64-52-51-59(4,5)6)58-56(60)49-46-43-40-37-33-24-21-18-15-12-9-3/h10,13,18-19,21-22,27-28,30,32,38,41,45,48,54-55H,7-9,11-12,14-17,20,23-26,29,31,33-37,39-40,42-44,46-47,49-53H2,1-6H3,(H-,58,60,62,63)/b13-10-,21-18-,22-19-,28-27-,32-30-,41-38-,48-45-. The Morgan fingerprint density at radius 2 is 0.985 bits per heavy atom. The van der Waals surface area contributed by atoms with Crippen molar-refractivity contribution < 1.29 is 37.3 Å². The van der Waals surface area contributed by atoms with Gasteiger partial charge in [0.05, 0.1) is 33.8 Å². The molecule has 0 saturated heterocycles. The van der Waals surface area contributed by atoms with Crippen molar-refractivity contribution >= 4 is 19.7 Å². The van der Waals surface area contributed by atoms with Crippen molar-refractivity contribution in [3.8, 4) is 0 Å². The van der Waals surface area contributed by atoms with E-state index in [9.17, 15) is 19.0 Å². The minimum absolute atomic E-state index is 0.0361. The normalized spacial score (nSPS) is 14.6. The number of nitrogens with one attached hydrogen (secondary N) is 1. The van der Waals surface area contributed by atoms with Gasteiger partial charge < -0.3 is 28.5 Å². The number of carbonyl (C=O) groups is 2. The van der Waals surface area contributed by atoms with Crippen molar-refractivity contribution in [2.45, 2.75) is 226 Å². The van der Waals surface area contributed by atoms with Gasteiger partial charge in [0.15, 0.2) is 0 Å². The molecule has 0 aromatic rings. The first-order valence-corrected chi connectivity index (χ1v) is 28.4. The lowest BCUT2D eigenvalue weighted by Crippen LogP contribution is -2.47. The van der Waals surface area contributed by atoms with E-state index in [2.05, 4.69) is 99.0 Å². The van der Waals surface area contributed by atoms with Gasteiger partial charge in [0.25, 0.3) is 7.82 Å². The van der Waals surface area contributed by atoms with Crippen LogP contribution in [0.1, 0.15) is 213 Å². The van der Waals surface area contributed by atoms with Crippen molar-refractivity contribution in [3.63, 3.8) is 0 Å². The Bertz CT molecular complexity index is 1430. The fourth-order valence-corrected chi connectivity index (χ4v) is 7.85. The quantitative estimate of drug-likeness (QED) is 0.0212. The summed E-state index contributed by atoms with van der Waals surface area (Å²) < 4.78 is 30.1. The molecule has 0 bridgehead atoms. The summed E-state index contributed by atoms with van der Waals surface area (Å²) in [5.74, 6) is -0.627. The molecule has 9 nitrogen and oxygen atoms in total. The highest BCUT2D eigenvalue weighted by atomic mass is 31.2. The summed E-state index contributed by atoms with van der Waals surface area (Å²) >= 11 is 0. The molecule has 0 aliphatic carbocycles. The highest BCUT2D eigenvalue weighted by molar-refractivity contribution is 7.45. The SMILES string of the molecule is CC/C=C\C/C=C\C/C=C\C/C=C\C/C=C\CCCC(=O)OC(/C=C\CCCCCCCCCCCCC)C(COP(=O)([O-])OCC[N+](C)(C)C)NC(=O)CCCCCCC/C=C\CCCC. The monoisotopic (exact) mass is 957 g/mol. The molecule has 0 saturated carbocycles. The van der Waals surface area contributed by atoms with Crippen LogP contribution >= 0.6 is 7.82 Å². The Morgan fingerprint density at radius 3 is 1.52 bits per heavy atom. The zero-order chi connectivity index (χ0) is 49.4. The number of carbonyl (C=O) groups excluding carboxylic acids is 2. The summed E-state index contributed by atoms with van der Waals surface area (Å²) in [6, 6.07) is -0.917. The molecule has 3 unspecified atom stereocenters. The van der Waals surface area contributed by atoms with Crippen LogP contribution in [0.25, 0.3) is 0 Å². The number of esters is 1. The minimum atomic E-state index is -4.71. The maximum absolute atomic E-state index is 13.4. The topological polar surface area (TPSA) is 114 Å². The van der Waals surface area contributed by atoms with Crippen LogP contribution in [0, 0.1) is 0 Å². The molecular formula is C57H101N2O7P. The molecule has 0 aromatic heterocycles. The fourth-order valence-electron chi connectivity index (χ4n) is 7.12. The Hall–Kier alpha value is -2.81. The molecule has 0 aromatic carbocycles. The molecule has 3 atom stereocenters. The summed E-state index contributed by atoms with van der Waals surface area (Å²) in [5.41, 5.74) is 0. The van der Waals surface area contributed by atoms with E-state index in [1.807, 2.05) is 27.2 Å². The lowest BCUT2D eigenvalue weighted by Gasteiger charge is -2.30. The van der Waals surface area contributed by atoms with E-state index in [1.54, 1.807) is 6.08 Å². The first-order valence-electron chi connectivity index (χ1n) is 26.9. The summed E-state index contributed by atoms with van der Waals surface area (Å²) in [7, 11) is 1.14. The second-order valence-electron chi connectivity index (χ2n) is 19.0. The molecule has 0 aliphatic rings. The smallest absolute Gasteiger partial charge is 0.306 e. The van der Waals surface area contributed by atoms with Crippen LogP contribution in [0.4, 0.5) is 0 Å². The third-order valence-electron chi connectivity index (χ3n) is 11.3. The van der Waals surface area contributed by atoms with Gasteiger partial charge in [0, 0.05) is 12.8 Å². The Kier molecular flexibility index (Phi) is 44.9. The van der Waals surface area contributed by atoms with Gasteiger partial charge in [0.1, 0.15) is 19.3 Å². The average molecular weight is 957 g/mol. The van der Waals surface area contributed by atoms with Crippen LogP contribution in [0.15, 0.2) is 85.1 Å². The molecule has 10 heteroatoms. The number of allylic oxidation sites excluding steroid dienone is 13. The summed E-state index contributed by atoms with van der Waals surface area (Å²) in [5, 5.41) is 2.99. The molecule has 0 aliphatic heterocycles. The van der Waals surface area contributed by atoms with E-state index in [1.165, 1.54) is 70.6 Å². The first kappa shape index (κ1) is 64.2. The van der Waals surface area contributed by atoms with Crippen molar-refractivity contribution in [3.05, 3.63) is 85.1 Å². The number of unbranched alkanes of at least 4 members (excludes halogenated alkanes) is 19.